The van der Waals surface area contributed by atoms with Crippen molar-refractivity contribution in [2.45, 2.75) is 37.5 Å². The first-order valence-corrected chi connectivity index (χ1v) is 5.33. The van der Waals surface area contributed by atoms with Crippen LogP contribution in [0.3, 0.4) is 0 Å². The minimum Gasteiger partial charge on any atom is -0.339 e. The lowest BCUT2D eigenvalue weighted by atomic mass is 10.1. The topological polar surface area (TPSA) is 51.0 Å². The highest BCUT2D eigenvalue weighted by Gasteiger charge is 2.44. The van der Waals surface area contributed by atoms with Crippen LogP contribution in [0, 0.1) is 0 Å². The van der Waals surface area contributed by atoms with Crippen LogP contribution in [0.4, 0.5) is 0 Å². The Hall–Kier alpha value is -0.900. The van der Waals surface area contributed by atoms with E-state index in [1.807, 2.05) is 0 Å². The van der Waals surface area contributed by atoms with Gasteiger partial charge in [-0.05, 0) is 25.8 Å². The van der Waals surface area contributed by atoms with Gasteiger partial charge < -0.3 is 9.84 Å². The van der Waals surface area contributed by atoms with E-state index >= 15 is 0 Å². The highest BCUT2D eigenvalue weighted by Crippen LogP contribution is 2.46. The predicted octanol–water partition coefficient (Wildman–Crippen LogP) is 1.20. The van der Waals surface area contributed by atoms with Crippen molar-refractivity contribution in [1.29, 1.82) is 0 Å². The van der Waals surface area contributed by atoms with Gasteiger partial charge in [0.15, 0.2) is 5.82 Å². The molecular formula is C10H15N3O. The summed E-state index contributed by atoms with van der Waals surface area (Å²) in [6.45, 7) is 4.26. The van der Waals surface area contributed by atoms with E-state index in [1.54, 1.807) is 0 Å². The van der Waals surface area contributed by atoms with Crippen molar-refractivity contribution in [2.24, 2.45) is 0 Å². The third kappa shape index (κ3) is 1.25. The minimum atomic E-state index is 0.206. The fourth-order valence-corrected chi connectivity index (χ4v) is 1.92. The standard InChI is InChI=1S/C10H15N3O/c1-10(3-4-10)9-12-8(13-14-9)7-2-5-11-6-7/h7,11H,2-6H2,1H3. The molecule has 1 saturated heterocycles. The summed E-state index contributed by atoms with van der Waals surface area (Å²) in [5.41, 5.74) is 0.206. The van der Waals surface area contributed by atoms with Crippen LogP contribution in [0.2, 0.25) is 0 Å². The SMILES string of the molecule is CC1(c2nc(C3CCNC3)no2)CC1. The Bertz CT molecular complexity index is 337. The Labute approximate surface area is 83.1 Å². The fourth-order valence-electron chi connectivity index (χ4n) is 1.92. The molecule has 14 heavy (non-hydrogen) atoms. The number of rotatable bonds is 2. The van der Waals surface area contributed by atoms with E-state index in [9.17, 15) is 0 Å². The van der Waals surface area contributed by atoms with E-state index in [1.165, 1.54) is 12.8 Å². The molecule has 1 aliphatic heterocycles. The van der Waals surface area contributed by atoms with Gasteiger partial charge in [-0.3, -0.25) is 0 Å². The van der Waals surface area contributed by atoms with E-state index in [2.05, 4.69) is 22.4 Å². The van der Waals surface area contributed by atoms with Crippen molar-refractivity contribution in [3.63, 3.8) is 0 Å². The summed E-state index contributed by atoms with van der Waals surface area (Å²) < 4.78 is 5.32. The number of hydrogen-bond donors (Lipinski definition) is 1. The highest BCUT2D eigenvalue weighted by molar-refractivity contribution is 5.14. The average Bonchev–Trinajstić information content (AvgIpc) is 2.73. The van der Waals surface area contributed by atoms with Gasteiger partial charge in [0.25, 0.3) is 0 Å². The molecule has 0 aromatic carbocycles. The summed E-state index contributed by atoms with van der Waals surface area (Å²) in [6.07, 6.45) is 3.52. The molecule has 2 aliphatic rings. The molecule has 0 amide bonds. The fraction of sp³-hybridized carbons (Fsp3) is 0.800. The molecular weight excluding hydrogens is 178 g/mol. The van der Waals surface area contributed by atoms with Crippen LogP contribution in [0.1, 0.15) is 43.8 Å². The quantitative estimate of drug-likeness (QED) is 0.766. The van der Waals surface area contributed by atoms with Crippen molar-refractivity contribution in [1.82, 2.24) is 15.5 Å². The van der Waals surface area contributed by atoms with Crippen molar-refractivity contribution in [3.05, 3.63) is 11.7 Å². The molecule has 1 unspecified atom stereocenters. The Morgan fingerprint density at radius 3 is 3.00 bits per heavy atom. The molecule has 1 aromatic heterocycles. The molecule has 0 radical (unpaired) electrons. The third-order valence-corrected chi connectivity index (χ3v) is 3.38. The van der Waals surface area contributed by atoms with E-state index in [0.29, 0.717) is 5.92 Å². The second-order valence-corrected chi connectivity index (χ2v) is 4.71. The van der Waals surface area contributed by atoms with Crippen LogP contribution < -0.4 is 5.32 Å². The van der Waals surface area contributed by atoms with E-state index in [0.717, 1.165) is 31.2 Å². The molecule has 1 atom stereocenters. The lowest BCUT2D eigenvalue weighted by Crippen LogP contribution is -2.09. The van der Waals surface area contributed by atoms with Crippen LogP contribution in [-0.4, -0.2) is 23.2 Å². The molecule has 1 aliphatic carbocycles. The highest BCUT2D eigenvalue weighted by atomic mass is 16.5. The molecule has 2 heterocycles. The van der Waals surface area contributed by atoms with Gasteiger partial charge in [-0.2, -0.15) is 4.98 Å². The van der Waals surface area contributed by atoms with Gasteiger partial charge in [0.2, 0.25) is 5.89 Å². The molecule has 1 saturated carbocycles. The molecule has 0 spiro atoms. The number of nitrogens with one attached hydrogen (secondary N) is 1. The van der Waals surface area contributed by atoms with Gasteiger partial charge >= 0.3 is 0 Å². The van der Waals surface area contributed by atoms with Crippen LogP contribution in [-0.2, 0) is 5.41 Å². The molecule has 4 heteroatoms. The molecule has 1 aromatic rings. The number of hydrogen-bond acceptors (Lipinski definition) is 4. The Kier molecular flexibility index (Phi) is 1.68. The van der Waals surface area contributed by atoms with E-state index < -0.39 is 0 Å². The molecule has 3 rings (SSSR count). The van der Waals surface area contributed by atoms with Crippen molar-refractivity contribution in [3.8, 4) is 0 Å². The summed E-state index contributed by atoms with van der Waals surface area (Å²) in [4.78, 5) is 4.51. The Balaban J connectivity index is 1.82. The summed E-state index contributed by atoms with van der Waals surface area (Å²) in [5.74, 6) is 2.22. The van der Waals surface area contributed by atoms with Crippen molar-refractivity contribution in [2.75, 3.05) is 13.1 Å². The lowest BCUT2D eigenvalue weighted by molar-refractivity contribution is 0.347. The molecule has 76 valence electrons. The summed E-state index contributed by atoms with van der Waals surface area (Å²) in [7, 11) is 0. The lowest BCUT2D eigenvalue weighted by Gasteiger charge is -2.00. The Morgan fingerprint density at radius 2 is 2.36 bits per heavy atom. The van der Waals surface area contributed by atoms with Crippen molar-refractivity contribution >= 4 is 0 Å². The van der Waals surface area contributed by atoms with Crippen LogP contribution in [0.5, 0.6) is 0 Å². The predicted molar refractivity (Wildman–Crippen MR) is 51.1 cm³/mol. The van der Waals surface area contributed by atoms with Gasteiger partial charge in [-0.25, -0.2) is 0 Å². The van der Waals surface area contributed by atoms with Crippen molar-refractivity contribution < 1.29 is 4.52 Å². The maximum absolute atomic E-state index is 5.32. The number of aromatic nitrogens is 2. The van der Waals surface area contributed by atoms with E-state index in [4.69, 9.17) is 4.52 Å². The van der Waals surface area contributed by atoms with Gasteiger partial charge in [-0.1, -0.05) is 12.1 Å². The second-order valence-electron chi connectivity index (χ2n) is 4.71. The zero-order chi connectivity index (χ0) is 9.60. The van der Waals surface area contributed by atoms with E-state index in [-0.39, 0.29) is 5.41 Å². The summed E-state index contributed by atoms with van der Waals surface area (Å²) in [5, 5.41) is 7.39. The zero-order valence-electron chi connectivity index (χ0n) is 8.42. The third-order valence-electron chi connectivity index (χ3n) is 3.38. The van der Waals surface area contributed by atoms with Gasteiger partial charge in [0.1, 0.15) is 0 Å². The minimum absolute atomic E-state index is 0.206. The van der Waals surface area contributed by atoms with Crippen LogP contribution >= 0.6 is 0 Å². The average molecular weight is 193 g/mol. The van der Waals surface area contributed by atoms with Crippen LogP contribution in [0.15, 0.2) is 4.52 Å². The summed E-state index contributed by atoms with van der Waals surface area (Å²) >= 11 is 0. The van der Waals surface area contributed by atoms with Crippen LogP contribution in [0.25, 0.3) is 0 Å². The van der Waals surface area contributed by atoms with Gasteiger partial charge in [0.05, 0.1) is 0 Å². The molecule has 2 fully saturated rings. The molecule has 4 nitrogen and oxygen atoms in total. The first kappa shape index (κ1) is 8.41. The zero-order valence-corrected chi connectivity index (χ0v) is 8.42. The maximum Gasteiger partial charge on any atom is 0.232 e. The second kappa shape index (κ2) is 2.79. The smallest absolute Gasteiger partial charge is 0.232 e. The first-order valence-electron chi connectivity index (χ1n) is 5.33. The molecule has 0 bridgehead atoms. The largest absolute Gasteiger partial charge is 0.339 e. The first-order chi connectivity index (χ1) is 6.78. The monoisotopic (exact) mass is 193 g/mol. The van der Waals surface area contributed by atoms with Gasteiger partial charge in [0, 0.05) is 17.9 Å². The van der Waals surface area contributed by atoms with Gasteiger partial charge in [-0.15, -0.1) is 0 Å². The Morgan fingerprint density at radius 1 is 1.50 bits per heavy atom. The normalized spacial score (nSPS) is 29.4. The summed E-state index contributed by atoms with van der Waals surface area (Å²) in [6, 6.07) is 0. The molecule has 1 N–H and O–H groups in total. The number of nitrogens with zero attached hydrogens (tertiary/aromatic N) is 2. The maximum atomic E-state index is 5.32.